The molecule has 17 heteroatoms. The van der Waals surface area contributed by atoms with Gasteiger partial charge in [-0.3, -0.25) is 16.3 Å². The van der Waals surface area contributed by atoms with Crippen LogP contribution in [-0.4, -0.2) is 64.9 Å². The van der Waals surface area contributed by atoms with Gasteiger partial charge in [-0.25, -0.2) is 13.2 Å². The van der Waals surface area contributed by atoms with E-state index in [9.17, 15) is 17.1 Å². The van der Waals surface area contributed by atoms with Crippen LogP contribution in [0.2, 0.25) is 0 Å². The first kappa shape index (κ1) is 42.7. The molecule has 0 saturated heterocycles. The molecule has 3 rings (SSSR count). The third kappa shape index (κ3) is 26.2. The molecule has 0 aliphatic rings. The van der Waals surface area contributed by atoms with Crippen LogP contribution in [0.15, 0.2) is 104 Å². The molecule has 3 aromatic carbocycles. The van der Waals surface area contributed by atoms with Crippen LogP contribution in [0.1, 0.15) is 7.43 Å². The summed E-state index contributed by atoms with van der Waals surface area (Å²) in [5, 5.41) is 21.5. The minimum absolute atomic E-state index is 0. The number of oxime groups is 3. The predicted octanol–water partition coefficient (Wildman–Crippen LogP) is 7.44. The summed E-state index contributed by atoms with van der Waals surface area (Å²) in [4.78, 5) is 13.2. The second-order valence-corrected chi connectivity index (χ2v) is 7.48. The van der Waals surface area contributed by atoms with E-state index in [4.69, 9.17) is 0 Å². The molecule has 0 bridgehead atoms. The highest BCUT2D eigenvalue weighted by Gasteiger charge is 1.92. The number of hydrazone groups is 3. The number of rotatable bonds is 12. The Morgan fingerprint density at radius 3 is 1.02 bits per heavy atom. The summed E-state index contributed by atoms with van der Waals surface area (Å²) >= 11 is 0.250. The topological polar surface area (TPSA) is 138 Å². The predicted molar refractivity (Wildman–Crippen MR) is 183 cm³/mol. The van der Waals surface area contributed by atoms with Crippen LogP contribution in [0, 0.1) is 17.5 Å². The maximum atomic E-state index is 12.7. The smallest absolute Gasteiger partial charge is 0.125 e. The van der Waals surface area contributed by atoms with Crippen LogP contribution >= 0.6 is 12.1 Å². The van der Waals surface area contributed by atoms with Gasteiger partial charge in [0.1, 0.15) is 38.8 Å². The Balaban J connectivity index is 0. The van der Waals surface area contributed by atoms with Crippen molar-refractivity contribution in [1.82, 2.24) is 0 Å². The zero-order chi connectivity index (χ0) is 33.4. The average Bonchev–Trinajstić information content (AvgIpc) is 3.02. The Morgan fingerprint density at radius 1 is 0.543 bits per heavy atom. The quantitative estimate of drug-likeness (QED) is 0.104. The minimum atomic E-state index is -0.309. The first-order valence-corrected chi connectivity index (χ1v) is 13.5. The number of hydrogen-bond donors (Lipinski definition) is 3. The van der Waals surface area contributed by atoms with E-state index in [1.807, 2.05) is 0 Å². The fraction of sp³-hybridized carbons (Fsp3) is 0.172. The van der Waals surface area contributed by atoms with Gasteiger partial charge in [0.15, 0.2) is 0 Å². The molecule has 0 saturated carbocycles. The van der Waals surface area contributed by atoms with Crippen molar-refractivity contribution in [3.8, 4) is 0 Å². The molecule has 0 aliphatic heterocycles. The Kier molecular flexibility index (Phi) is 28.8. The largest absolute Gasteiger partial charge is 0.399 e. The fourth-order valence-corrected chi connectivity index (χ4v) is 2.37. The lowest BCUT2D eigenvalue weighted by Gasteiger charge is -1.97. The molecule has 0 radical (unpaired) electrons. The first-order valence-electron chi connectivity index (χ1n) is 12.3. The number of hydrogen-bond acceptors (Lipinski definition) is 13. The molecule has 0 atom stereocenters. The van der Waals surface area contributed by atoms with E-state index in [2.05, 4.69) is 61.6 Å². The summed E-state index contributed by atoms with van der Waals surface area (Å²) < 4.78 is 48.2. The SMILES string of the molecule is C.CO/N=C/C=N/Nc1cccc(F)c1.CO/N=C/C=N/Nc1cccc(F)c1.CO/N=C\C=N\Nc1cccc(F)c1.CSF. The van der Waals surface area contributed by atoms with Crippen LogP contribution < -0.4 is 16.3 Å². The van der Waals surface area contributed by atoms with E-state index in [1.54, 1.807) is 36.4 Å². The highest BCUT2D eigenvalue weighted by atomic mass is 32.2. The number of halogens is 4. The molecule has 0 fully saturated rings. The van der Waals surface area contributed by atoms with E-state index in [-0.39, 0.29) is 37.0 Å². The molecule has 46 heavy (non-hydrogen) atoms. The fourth-order valence-electron chi connectivity index (χ4n) is 2.37. The normalized spacial score (nSPS) is 10.4. The summed E-state index contributed by atoms with van der Waals surface area (Å²) in [6.45, 7) is 0. The second-order valence-electron chi connectivity index (χ2n) is 7.17. The van der Waals surface area contributed by atoms with Crippen molar-refractivity contribution in [3.05, 3.63) is 90.2 Å². The zero-order valence-corrected chi connectivity index (χ0v) is 25.5. The molecular formula is C29H37F4N9O3S. The van der Waals surface area contributed by atoms with E-state index < -0.39 is 0 Å². The lowest BCUT2D eigenvalue weighted by molar-refractivity contribution is 0.216. The summed E-state index contributed by atoms with van der Waals surface area (Å²) in [6, 6.07) is 18.0. The Hall–Kier alpha value is -5.45. The van der Waals surface area contributed by atoms with Gasteiger partial charge in [-0.05, 0) is 54.6 Å². The van der Waals surface area contributed by atoms with Crippen molar-refractivity contribution < 1.29 is 31.6 Å². The van der Waals surface area contributed by atoms with Gasteiger partial charge in [0.2, 0.25) is 0 Å². The van der Waals surface area contributed by atoms with Crippen LogP contribution in [0.3, 0.4) is 0 Å². The van der Waals surface area contributed by atoms with Gasteiger partial charge in [0, 0.05) is 18.4 Å². The summed E-state index contributed by atoms with van der Waals surface area (Å²) in [6.07, 6.45) is 9.67. The molecule has 0 heterocycles. The zero-order valence-electron chi connectivity index (χ0n) is 24.7. The number of benzene rings is 3. The standard InChI is InChI=1S/3C9H10FN3O.CH3FS.CH4/c3*1-14-12-6-5-11-13-9-4-2-3-8(10)7-9;1-3-2;/h3*2-7,13H,1H3;1H3;1H4/b2*11-5+,12-6+;11-5+,12-6-;;. The number of anilines is 3. The molecule has 0 aromatic heterocycles. The Labute approximate surface area is 270 Å². The maximum Gasteiger partial charge on any atom is 0.125 e. The van der Waals surface area contributed by atoms with Crippen molar-refractivity contribution >= 4 is 66.5 Å². The van der Waals surface area contributed by atoms with Crippen molar-refractivity contribution in [2.45, 2.75) is 7.43 Å². The van der Waals surface area contributed by atoms with Crippen LogP contribution in [0.5, 0.6) is 0 Å². The monoisotopic (exact) mass is 667 g/mol. The van der Waals surface area contributed by atoms with Crippen molar-refractivity contribution in [2.75, 3.05) is 43.9 Å². The van der Waals surface area contributed by atoms with Gasteiger partial charge in [-0.15, -0.1) is 0 Å². The van der Waals surface area contributed by atoms with Crippen molar-refractivity contribution in [3.63, 3.8) is 0 Å². The summed E-state index contributed by atoms with van der Waals surface area (Å²) in [7, 11) is 4.30. The van der Waals surface area contributed by atoms with Crippen LogP contribution in [0.25, 0.3) is 0 Å². The van der Waals surface area contributed by atoms with Gasteiger partial charge in [0.25, 0.3) is 0 Å². The van der Waals surface area contributed by atoms with E-state index in [1.165, 1.54) is 101 Å². The molecule has 0 unspecified atom stereocenters. The third-order valence-corrected chi connectivity index (χ3v) is 3.98. The highest BCUT2D eigenvalue weighted by molar-refractivity contribution is 7.93. The molecule has 3 aromatic rings. The van der Waals surface area contributed by atoms with Gasteiger partial charge in [0.05, 0.1) is 54.3 Å². The maximum absolute atomic E-state index is 12.7. The molecule has 0 amide bonds. The minimum Gasteiger partial charge on any atom is -0.399 e. The lowest BCUT2D eigenvalue weighted by Crippen LogP contribution is -1.90. The Bertz CT molecular complexity index is 1200. The molecular weight excluding hydrogens is 630 g/mol. The first-order chi connectivity index (χ1) is 21.9. The molecule has 3 N–H and O–H groups in total. The van der Waals surface area contributed by atoms with Gasteiger partial charge >= 0.3 is 0 Å². The summed E-state index contributed by atoms with van der Waals surface area (Å²) in [5.74, 6) is -0.928. The van der Waals surface area contributed by atoms with Gasteiger partial charge < -0.3 is 14.5 Å². The van der Waals surface area contributed by atoms with E-state index in [0.29, 0.717) is 17.1 Å². The second kappa shape index (κ2) is 31.0. The summed E-state index contributed by atoms with van der Waals surface area (Å²) in [5.41, 5.74) is 9.61. The molecule has 0 spiro atoms. The van der Waals surface area contributed by atoms with E-state index in [0.717, 1.165) is 0 Å². The third-order valence-electron chi connectivity index (χ3n) is 3.98. The van der Waals surface area contributed by atoms with Crippen molar-refractivity contribution in [2.24, 2.45) is 30.8 Å². The van der Waals surface area contributed by atoms with Crippen molar-refractivity contribution in [1.29, 1.82) is 0 Å². The molecule has 12 nitrogen and oxygen atoms in total. The highest BCUT2D eigenvalue weighted by Crippen LogP contribution is 2.09. The van der Waals surface area contributed by atoms with Gasteiger partial charge in [-0.2, -0.15) is 19.2 Å². The van der Waals surface area contributed by atoms with Crippen LogP contribution in [0.4, 0.5) is 34.1 Å². The molecule has 0 aliphatic carbocycles. The number of nitrogens with one attached hydrogen (secondary N) is 3. The van der Waals surface area contributed by atoms with E-state index >= 15 is 0 Å². The van der Waals surface area contributed by atoms with Gasteiger partial charge in [-0.1, -0.05) is 41.1 Å². The lowest BCUT2D eigenvalue weighted by atomic mass is 10.3. The van der Waals surface area contributed by atoms with Crippen LogP contribution in [-0.2, 0) is 14.5 Å². The average molecular weight is 668 g/mol. The molecule has 250 valence electrons. The Morgan fingerprint density at radius 2 is 0.804 bits per heavy atom. The number of nitrogens with zero attached hydrogens (tertiary/aromatic N) is 6.